The molecule has 6 aromatic rings. The van der Waals surface area contributed by atoms with Gasteiger partial charge in [0.2, 0.25) is 0 Å². The summed E-state index contributed by atoms with van der Waals surface area (Å²) in [7, 11) is 1.19. The van der Waals surface area contributed by atoms with E-state index in [9.17, 15) is 0 Å². The highest BCUT2D eigenvalue weighted by atomic mass is 28.2. The fourth-order valence-electron chi connectivity index (χ4n) is 6.17. The minimum absolute atomic E-state index is 0.265. The van der Waals surface area contributed by atoms with E-state index in [1.807, 2.05) is 24.7 Å². The molecule has 5 aromatic carbocycles. The number of benzene rings is 5. The number of aromatic nitrogens is 2. The lowest BCUT2D eigenvalue weighted by Gasteiger charge is -2.37. The molecule has 0 aliphatic rings. The van der Waals surface area contributed by atoms with E-state index >= 15 is 0 Å². The number of hydrogen-bond acceptors (Lipinski definition) is 2. The summed E-state index contributed by atoms with van der Waals surface area (Å²) in [4.78, 5) is 4.42. The van der Waals surface area contributed by atoms with Gasteiger partial charge in [-0.05, 0) is 46.4 Å². The predicted molar refractivity (Wildman–Crippen MR) is 204 cm³/mol. The van der Waals surface area contributed by atoms with Gasteiger partial charge in [0.15, 0.2) is 0 Å². The van der Waals surface area contributed by atoms with Crippen LogP contribution < -0.4 is 9.92 Å². The number of imidazole rings is 1. The third kappa shape index (κ3) is 8.90. The van der Waals surface area contributed by atoms with Crippen LogP contribution in [0.5, 0.6) is 5.75 Å². The second-order valence-electron chi connectivity index (χ2n) is 11.7. The van der Waals surface area contributed by atoms with Crippen molar-refractivity contribution in [2.45, 2.75) is 37.8 Å². The van der Waals surface area contributed by atoms with Gasteiger partial charge in [-0.2, -0.15) is 0 Å². The Morgan fingerprint density at radius 2 is 1.30 bits per heavy atom. The summed E-state index contributed by atoms with van der Waals surface area (Å²) in [5, 5.41) is 1.11. The Balaban J connectivity index is 0.000000241. The molecule has 0 bridgehead atoms. The minimum atomic E-state index is -0.885. The molecule has 0 radical (unpaired) electrons. The zero-order chi connectivity index (χ0) is 32.6. The second kappa shape index (κ2) is 17.7. The van der Waals surface area contributed by atoms with E-state index in [0.717, 1.165) is 18.8 Å². The molecule has 1 aromatic heterocycles. The third-order valence-corrected chi connectivity index (χ3v) is 11.1. The van der Waals surface area contributed by atoms with Gasteiger partial charge in [0, 0.05) is 12.4 Å². The summed E-state index contributed by atoms with van der Waals surface area (Å²) in [6.45, 7) is 3.02. The SMILES string of the molecule is BC=C(c1ccccc1)c1ccccc1.CCCCCCOc1cccc([SiH2]C(c2ccccc2)(c2ccccc2)n2ccnc2)c1. The predicted octanol–water partition coefficient (Wildman–Crippen LogP) is 7.79. The lowest BCUT2D eigenvalue weighted by Crippen LogP contribution is -2.46. The van der Waals surface area contributed by atoms with Crippen LogP contribution in [0, 0.1) is 0 Å². The lowest BCUT2D eigenvalue weighted by molar-refractivity contribution is 0.305. The van der Waals surface area contributed by atoms with Crippen LogP contribution in [0.15, 0.2) is 170 Å². The van der Waals surface area contributed by atoms with Gasteiger partial charge in [-0.1, -0.05) is 165 Å². The van der Waals surface area contributed by atoms with Gasteiger partial charge in [0.05, 0.1) is 27.6 Å². The van der Waals surface area contributed by atoms with Crippen LogP contribution in [0.25, 0.3) is 5.57 Å². The molecule has 5 heteroatoms. The normalized spacial score (nSPS) is 11.1. The molecule has 0 atom stereocenters. The van der Waals surface area contributed by atoms with E-state index in [1.165, 1.54) is 52.3 Å². The van der Waals surface area contributed by atoms with Crippen molar-refractivity contribution in [3.8, 4) is 5.75 Å². The zero-order valence-electron chi connectivity index (χ0n) is 27.7. The van der Waals surface area contributed by atoms with Crippen LogP contribution in [0.2, 0.25) is 0 Å². The molecule has 0 spiro atoms. The molecule has 6 rings (SSSR count). The quantitative estimate of drug-likeness (QED) is 0.0960. The molecule has 3 nitrogen and oxygen atoms in total. The summed E-state index contributed by atoms with van der Waals surface area (Å²) in [5.41, 5.74) is 6.41. The van der Waals surface area contributed by atoms with Crippen molar-refractivity contribution in [3.05, 3.63) is 193 Å². The summed E-state index contributed by atoms with van der Waals surface area (Å²) < 4.78 is 8.41. The van der Waals surface area contributed by atoms with Crippen LogP contribution in [0.4, 0.5) is 0 Å². The van der Waals surface area contributed by atoms with Gasteiger partial charge < -0.3 is 9.30 Å². The van der Waals surface area contributed by atoms with E-state index < -0.39 is 9.52 Å². The van der Waals surface area contributed by atoms with E-state index in [2.05, 4.69) is 170 Å². The van der Waals surface area contributed by atoms with Crippen molar-refractivity contribution < 1.29 is 4.74 Å². The van der Waals surface area contributed by atoms with Crippen LogP contribution >= 0.6 is 0 Å². The first-order chi connectivity index (χ1) is 23.2. The number of rotatable bonds is 13. The highest BCUT2D eigenvalue weighted by Gasteiger charge is 2.36. The fourth-order valence-corrected chi connectivity index (χ4v) is 8.57. The summed E-state index contributed by atoms with van der Waals surface area (Å²) in [5.74, 6) is 3.14. The Morgan fingerprint density at radius 1 is 0.723 bits per heavy atom. The monoisotopic (exact) mass is 632 g/mol. The maximum atomic E-state index is 6.11. The lowest BCUT2D eigenvalue weighted by atomic mass is 9.92. The summed E-state index contributed by atoms with van der Waals surface area (Å²) >= 11 is 0. The Morgan fingerprint density at radius 3 is 1.81 bits per heavy atom. The summed E-state index contributed by atoms with van der Waals surface area (Å²) in [6, 6.07) is 51.3. The van der Waals surface area contributed by atoms with Crippen molar-refractivity contribution in [2.24, 2.45) is 0 Å². The first kappa shape index (κ1) is 33.5. The van der Waals surface area contributed by atoms with Gasteiger partial charge in [0.25, 0.3) is 0 Å². The van der Waals surface area contributed by atoms with Crippen LogP contribution in [0.1, 0.15) is 54.9 Å². The largest absolute Gasteiger partial charge is 0.494 e. The van der Waals surface area contributed by atoms with Crippen molar-refractivity contribution in [2.75, 3.05) is 6.61 Å². The first-order valence-corrected chi connectivity index (χ1v) is 18.2. The highest BCUT2D eigenvalue weighted by molar-refractivity contribution is 6.57. The first-order valence-electron chi connectivity index (χ1n) is 16.8. The smallest absolute Gasteiger partial charge is 0.130 e. The molecule has 236 valence electrons. The van der Waals surface area contributed by atoms with Crippen LogP contribution in [0.3, 0.4) is 0 Å². The van der Waals surface area contributed by atoms with Crippen molar-refractivity contribution in [1.82, 2.24) is 9.55 Å². The molecule has 0 saturated heterocycles. The van der Waals surface area contributed by atoms with Crippen LogP contribution in [-0.4, -0.2) is 33.5 Å². The molecule has 0 N–H and O–H groups in total. The van der Waals surface area contributed by atoms with Crippen LogP contribution in [-0.2, 0) is 5.16 Å². The standard InChI is InChI=1S/C28H32N2OSi.C14H13B/c1-2-3-4-11-21-31-26-17-12-18-27(22-26)32-28(30-20-19-29-23-30,24-13-7-5-8-14-24)25-15-9-6-10-16-25;15-11-14(12-7-3-1-4-8-12)13-9-5-2-6-10-13/h5-10,12-20,22-23H,2-4,11,21,32H2,1H3;1-11H,15H2. The van der Waals surface area contributed by atoms with Gasteiger partial charge >= 0.3 is 0 Å². The number of ether oxygens (including phenoxy) is 1. The Kier molecular flexibility index (Phi) is 12.6. The topological polar surface area (TPSA) is 27.1 Å². The van der Waals surface area contributed by atoms with Gasteiger partial charge in [-0.15, -0.1) is 5.98 Å². The van der Waals surface area contributed by atoms with Gasteiger partial charge in [-0.25, -0.2) is 4.98 Å². The fraction of sp³-hybridized carbons (Fsp3) is 0.167. The molecule has 1 heterocycles. The molecular formula is C42H45BN2OSi. The molecular weight excluding hydrogens is 587 g/mol. The zero-order valence-corrected chi connectivity index (χ0v) is 29.1. The Hall–Kier alpha value is -4.87. The molecule has 0 aliphatic carbocycles. The molecule has 0 unspecified atom stereocenters. The van der Waals surface area contributed by atoms with E-state index in [4.69, 9.17) is 4.74 Å². The maximum absolute atomic E-state index is 6.11. The number of hydrogen-bond donors (Lipinski definition) is 0. The maximum Gasteiger partial charge on any atom is 0.130 e. The second-order valence-corrected chi connectivity index (χ2v) is 13.9. The molecule has 0 fully saturated rings. The highest BCUT2D eigenvalue weighted by Crippen LogP contribution is 2.33. The average Bonchev–Trinajstić information content (AvgIpc) is 3.69. The molecule has 47 heavy (non-hydrogen) atoms. The molecule has 0 saturated carbocycles. The molecule has 0 aliphatic heterocycles. The molecule has 0 amide bonds. The van der Waals surface area contributed by atoms with Crippen molar-refractivity contribution in [1.29, 1.82) is 0 Å². The van der Waals surface area contributed by atoms with E-state index in [1.54, 1.807) is 0 Å². The van der Waals surface area contributed by atoms with E-state index in [0.29, 0.717) is 0 Å². The third-order valence-electron chi connectivity index (χ3n) is 8.53. The van der Waals surface area contributed by atoms with E-state index in [-0.39, 0.29) is 5.16 Å². The van der Waals surface area contributed by atoms with Gasteiger partial charge in [0.1, 0.15) is 13.6 Å². The Bertz CT molecular complexity index is 1680. The summed E-state index contributed by atoms with van der Waals surface area (Å²) in [6.07, 6.45) is 10.8. The van der Waals surface area contributed by atoms with Gasteiger partial charge in [-0.3, -0.25) is 0 Å². The minimum Gasteiger partial charge on any atom is -0.494 e. The van der Waals surface area contributed by atoms with Crippen molar-refractivity contribution in [3.63, 3.8) is 0 Å². The number of unbranched alkanes of at least 4 members (excludes halogenated alkanes) is 3. The number of nitrogens with zero attached hydrogens (tertiary/aromatic N) is 2. The average molecular weight is 633 g/mol. The Labute approximate surface area is 284 Å². The van der Waals surface area contributed by atoms with Crippen molar-refractivity contribution >= 4 is 28.1 Å².